The molecule has 5 nitrogen and oxygen atoms in total. The molecule has 0 atom stereocenters. The zero-order valence-electron chi connectivity index (χ0n) is 6.87. The van der Waals surface area contributed by atoms with Gasteiger partial charge in [0, 0.05) is 0 Å². The molecule has 3 N–H and O–H groups in total. The Morgan fingerprint density at radius 3 is 1.73 bits per heavy atom. The van der Waals surface area contributed by atoms with Crippen molar-refractivity contribution in [3.05, 3.63) is 0 Å². The highest BCUT2D eigenvalue weighted by atomic mass is 28.5. The van der Waals surface area contributed by atoms with Gasteiger partial charge in [-0.3, -0.25) is 0 Å². The average Bonchev–Trinajstić information content (AvgIpc) is 1.55. The van der Waals surface area contributed by atoms with Gasteiger partial charge in [0.1, 0.15) is 0 Å². The summed E-state index contributed by atoms with van der Waals surface area (Å²) in [5.74, 6) is 0. The van der Waals surface area contributed by atoms with Crippen LogP contribution in [0.2, 0.25) is 19.6 Å². The molecule has 0 saturated carbocycles. The molecule has 0 aliphatic carbocycles. The molecule has 0 aromatic rings. The molecular formula is C3H14O5Si3. The quantitative estimate of drug-likeness (QED) is 0.485. The van der Waals surface area contributed by atoms with Crippen LogP contribution in [0.15, 0.2) is 0 Å². The van der Waals surface area contributed by atoms with Gasteiger partial charge in [0.2, 0.25) is 0 Å². The van der Waals surface area contributed by atoms with Crippen LogP contribution in [0.1, 0.15) is 0 Å². The lowest BCUT2D eigenvalue weighted by Crippen LogP contribution is -2.42. The van der Waals surface area contributed by atoms with Crippen molar-refractivity contribution in [3.8, 4) is 0 Å². The summed E-state index contributed by atoms with van der Waals surface area (Å²) in [7, 11) is -7.35. The standard InChI is InChI=1S/C3H14O5Si3/c1-10(2,3)7-9-8-11(4,5)6/h4-6H,9H2,1-3H3. The molecule has 0 fully saturated rings. The van der Waals surface area contributed by atoms with Crippen LogP contribution < -0.4 is 0 Å². The maximum absolute atomic E-state index is 8.41. The molecule has 0 aliphatic heterocycles. The molecule has 0 saturated heterocycles. The Morgan fingerprint density at radius 2 is 1.45 bits per heavy atom. The monoisotopic (exact) mass is 214 g/mol. The third-order valence-corrected chi connectivity index (χ3v) is 6.70. The number of rotatable bonds is 4. The largest absolute Gasteiger partial charge is 0.661 e. The van der Waals surface area contributed by atoms with E-state index >= 15 is 0 Å². The minimum atomic E-state index is -4.30. The van der Waals surface area contributed by atoms with Crippen molar-refractivity contribution in [2.24, 2.45) is 0 Å². The molecule has 0 aromatic heterocycles. The second-order valence-electron chi connectivity index (χ2n) is 3.09. The molecule has 0 aliphatic rings. The van der Waals surface area contributed by atoms with Crippen LogP contribution >= 0.6 is 0 Å². The van der Waals surface area contributed by atoms with Gasteiger partial charge in [-0.25, -0.2) is 0 Å². The average molecular weight is 214 g/mol. The summed E-state index contributed by atoms with van der Waals surface area (Å²) < 4.78 is 9.58. The van der Waals surface area contributed by atoms with Gasteiger partial charge in [-0.2, -0.15) is 0 Å². The maximum atomic E-state index is 8.41. The Morgan fingerprint density at radius 1 is 1.00 bits per heavy atom. The van der Waals surface area contributed by atoms with Crippen molar-refractivity contribution in [1.82, 2.24) is 0 Å². The molecule has 0 rings (SSSR count). The normalized spacial score (nSPS) is 14.7. The van der Waals surface area contributed by atoms with Crippen molar-refractivity contribution in [2.45, 2.75) is 19.6 Å². The van der Waals surface area contributed by atoms with Crippen molar-refractivity contribution in [1.29, 1.82) is 0 Å². The predicted octanol–water partition coefficient (Wildman–Crippen LogP) is -1.73. The van der Waals surface area contributed by atoms with Gasteiger partial charge < -0.3 is 22.6 Å². The van der Waals surface area contributed by atoms with Gasteiger partial charge in [0.15, 0.2) is 8.32 Å². The lowest BCUT2D eigenvalue weighted by atomic mass is 11.8. The van der Waals surface area contributed by atoms with E-state index in [2.05, 4.69) is 4.12 Å². The third-order valence-electron chi connectivity index (χ3n) is 0.745. The van der Waals surface area contributed by atoms with Gasteiger partial charge in [-0.15, -0.1) is 0 Å². The fraction of sp³-hybridized carbons (Fsp3) is 1.00. The van der Waals surface area contributed by atoms with E-state index in [1.54, 1.807) is 0 Å². The molecule has 0 bridgehead atoms. The van der Waals surface area contributed by atoms with Gasteiger partial charge in [-0.1, -0.05) is 0 Å². The van der Waals surface area contributed by atoms with Crippen LogP contribution in [0.5, 0.6) is 0 Å². The number of hydrogen-bond donors (Lipinski definition) is 3. The van der Waals surface area contributed by atoms with Crippen LogP contribution in [0.25, 0.3) is 0 Å². The summed E-state index contributed by atoms with van der Waals surface area (Å²) in [6.45, 7) is 5.87. The lowest BCUT2D eigenvalue weighted by molar-refractivity contribution is 0.123. The van der Waals surface area contributed by atoms with Crippen LogP contribution in [0, 0.1) is 0 Å². The second kappa shape index (κ2) is 3.91. The fourth-order valence-corrected chi connectivity index (χ4v) is 3.10. The first-order valence-electron chi connectivity index (χ1n) is 3.16. The van der Waals surface area contributed by atoms with E-state index < -0.39 is 27.4 Å². The zero-order chi connectivity index (χ0) is 9.12. The summed E-state index contributed by atoms with van der Waals surface area (Å²) in [5, 5.41) is 0. The van der Waals surface area contributed by atoms with E-state index in [1.807, 2.05) is 19.6 Å². The maximum Gasteiger partial charge on any atom is 0.661 e. The fourth-order valence-electron chi connectivity index (χ4n) is 0.285. The third kappa shape index (κ3) is 10.5. The van der Waals surface area contributed by atoms with Gasteiger partial charge in [-0.05, 0) is 19.6 Å². The molecule has 11 heavy (non-hydrogen) atoms. The van der Waals surface area contributed by atoms with Gasteiger partial charge >= 0.3 is 9.05 Å². The molecular weight excluding hydrogens is 200 g/mol. The highest BCUT2D eigenvalue weighted by Crippen LogP contribution is 2.01. The Labute approximate surface area is 70.3 Å². The molecule has 0 amide bonds. The van der Waals surface area contributed by atoms with E-state index in [-0.39, 0.29) is 0 Å². The van der Waals surface area contributed by atoms with Crippen LogP contribution in [-0.2, 0) is 8.23 Å². The summed E-state index contributed by atoms with van der Waals surface area (Å²) in [4.78, 5) is 25.2. The summed E-state index contributed by atoms with van der Waals surface area (Å²) >= 11 is 0. The van der Waals surface area contributed by atoms with Crippen molar-refractivity contribution in [3.63, 3.8) is 0 Å². The Kier molecular flexibility index (Phi) is 4.07. The first-order chi connectivity index (χ1) is 4.71. The molecule has 0 unspecified atom stereocenters. The first-order valence-corrected chi connectivity index (χ1v) is 9.47. The summed E-state index contributed by atoms with van der Waals surface area (Å²) in [6, 6.07) is 0. The highest BCUT2D eigenvalue weighted by molar-refractivity contribution is 6.74. The molecule has 0 radical (unpaired) electrons. The topological polar surface area (TPSA) is 79.2 Å². The molecule has 0 aromatic carbocycles. The minimum absolute atomic E-state index is 1.42. The summed E-state index contributed by atoms with van der Waals surface area (Å²) in [5.41, 5.74) is 0. The molecule has 68 valence electrons. The van der Waals surface area contributed by atoms with E-state index in [0.29, 0.717) is 0 Å². The molecule has 8 heteroatoms. The minimum Gasteiger partial charge on any atom is -0.441 e. The van der Waals surface area contributed by atoms with E-state index in [4.69, 9.17) is 18.5 Å². The van der Waals surface area contributed by atoms with Gasteiger partial charge in [0.05, 0.1) is 0 Å². The lowest BCUT2D eigenvalue weighted by Gasteiger charge is -2.18. The van der Waals surface area contributed by atoms with Crippen LogP contribution in [0.4, 0.5) is 0 Å². The van der Waals surface area contributed by atoms with E-state index in [0.717, 1.165) is 0 Å². The van der Waals surface area contributed by atoms with Crippen LogP contribution in [0.3, 0.4) is 0 Å². The smallest absolute Gasteiger partial charge is 0.441 e. The van der Waals surface area contributed by atoms with Crippen molar-refractivity contribution < 1.29 is 22.6 Å². The highest BCUT2D eigenvalue weighted by Gasteiger charge is 2.30. The van der Waals surface area contributed by atoms with E-state index in [1.165, 1.54) is 0 Å². The Hall–Kier alpha value is 0.451. The Balaban J connectivity index is 3.44. The Bertz CT molecular complexity index is 101. The number of hydrogen-bond acceptors (Lipinski definition) is 5. The SMILES string of the molecule is C[Si](C)(C)O[SiH2]O[Si](O)(O)O. The molecule has 0 heterocycles. The first kappa shape index (κ1) is 11.5. The molecule has 0 spiro atoms. The van der Waals surface area contributed by atoms with Crippen molar-refractivity contribution >= 4 is 27.4 Å². The predicted molar refractivity (Wildman–Crippen MR) is 46.5 cm³/mol. The second-order valence-corrected chi connectivity index (χ2v) is 11.0. The zero-order valence-corrected chi connectivity index (χ0v) is 10.3. The van der Waals surface area contributed by atoms with Crippen molar-refractivity contribution in [2.75, 3.05) is 0 Å². The van der Waals surface area contributed by atoms with Crippen LogP contribution in [-0.4, -0.2) is 41.8 Å². The van der Waals surface area contributed by atoms with Gasteiger partial charge in [0.25, 0.3) is 10.0 Å². The van der Waals surface area contributed by atoms with E-state index in [9.17, 15) is 0 Å². The summed E-state index contributed by atoms with van der Waals surface area (Å²) in [6.07, 6.45) is 0.